The highest BCUT2D eigenvalue weighted by Crippen LogP contribution is 2.28. The van der Waals surface area contributed by atoms with E-state index in [9.17, 15) is 9.18 Å². The van der Waals surface area contributed by atoms with Crippen LogP contribution in [0.15, 0.2) is 52.9 Å². The van der Waals surface area contributed by atoms with Crippen molar-refractivity contribution in [3.63, 3.8) is 0 Å². The molecule has 136 valence electrons. The second-order valence-corrected chi connectivity index (χ2v) is 7.81. The van der Waals surface area contributed by atoms with Crippen molar-refractivity contribution in [2.75, 3.05) is 5.32 Å². The summed E-state index contributed by atoms with van der Waals surface area (Å²) in [7, 11) is 0. The zero-order valence-corrected chi connectivity index (χ0v) is 15.8. The maximum absolute atomic E-state index is 13.6. The highest BCUT2D eigenvalue weighted by molar-refractivity contribution is 8.00. The van der Waals surface area contributed by atoms with Crippen molar-refractivity contribution in [2.45, 2.75) is 22.9 Å². The predicted octanol–water partition coefficient (Wildman–Crippen LogP) is 4.41. The number of halogens is 1. The third kappa shape index (κ3) is 5.61. The SMILES string of the molecule is N#Cc1ccc(CSc2nnc(NC(=O)CCc3ccccc3F)s2)cc1. The topological polar surface area (TPSA) is 78.7 Å². The third-order valence-electron chi connectivity index (χ3n) is 3.68. The molecule has 0 unspecified atom stereocenters. The van der Waals surface area contributed by atoms with Gasteiger partial charge in [0.25, 0.3) is 0 Å². The lowest BCUT2D eigenvalue weighted by atomic mass is 10.1. The fraction of sp³-hybridized carbons (Fsp3) is 0.158. The van der Waals surface area contributed by atoms with Crippen LogP contribution in [0.3, 0.4) is 0 Å². The summed E-state index contributed by atoms with van der Waals surface area (Å²) in [4.78, 5) is 12.0. The summed E-state index contributed by atoms with van der Waals surface area (Å²) in [5.41, 5.74) is 2.22. The van der Waals surface area contributed by atoms with Crippen molar-refractivity contribution in [1.29, 1.82) is 5.26 Å². The van der Waals surface area contributed by atoms with Crippen LogP contribution in [-0.4, -0.2) is 16.1 Å². The Labute approximate surface area is 164 Å². The summed E-state index contributed by atoms with van der Waals surface area (Å²) >= 11 is 2.80. The van der Waals surface area contributed by atoms with E-state index in [1.54, 1.807) is 30.3 Å². The highest BCUT2D eigenvalue weighted by atomic mass is 32.2. The Balaban J connectivity index is 1.47. The molecule has 1 N–H and O–H groups in total. The second kappa shape index (κ2) is 9.26. The number of carbonyl (C=O) groups is 1. The van der Waals surface area contributed by atoms with Gasteiger partial charge in [-0.05, 0) is 35.7 Å². The molecular weight excluding hydrogens is 383 g/mol. The van der Waals surface area contributed by atoms with Crippen LogP contribution in [-0.2, 0) is 17.0 Å². The molecule has 1 aromatic heterocycles. The van der Waals surface area contributed by atoms with Crippen molar-refractivity contribution in [1.82, 2.24) is 10.2 Å². The first kappa shape index (κ1) is 19.0. The zero-order chi connectivity index (χ0) is 19.1. The molecule has 3 aromatic rings. The van der Waals surface area contributed by atoms with Crippen LogP contribution in [0.5, 0.6) is 0 Å². The highest BCUT2D eigenvalue weighted by Gasteiger charge is 2.10. The number of carbonyl (C=O) groups excluding carboxylic acids is 1. The van der Waals surface area contributed by atoms with E-state index in [4.69, 9.17) is 5.26 Å². The van der Waals surface area contributed by atoms with Crippen molar-refractivity contribution < 1.29 is 9.18 Å². The van der Waals surface area contributed by atoms with Crippen molar-refractivity contribution in [3.8, 4) is 6.07 Å². The van der Waals surface area contributed by atoms with Gasteiger partial charge in [-0.2, -0.15) is 5.26 Å². The zero-order valence-electron chi connectivity index (χ0n) is 14.2. The fourth-order valence-corrected chi connectivity index (χ4v) is 3.99. The number of rotatable bonds is 7. The Kier molecular flexibility index (Phi) is 6.52. The van der Waals surface area contributed by atoms with Gasteiger partial charge in [0.1, 0.15) is 5.82 Å². The average molecular weight is 398 g/mol. The van der Waals surface area contributed by atoms with Crippen molar-refractivity contribution >= 4 is 34.1 Å². The number of hydrogen-bond acceptors (Lipinski definition) is 6. The van der Waals surface area contributed by atoms with Gasteiger partial charge in [0.15, 0.2) is 4.34 Å². The number of anilines is 1. The van der Waals surface area contributed by atoms with Crippen molar-refractivity contribution in [3.05, 3.63) is 71.0 Å². The summed E-state index contributed by atoms with van der Waals surface area (Å²) in [6.45, 7) is 0. The number of aromatic nitrogens is 2. The largest absolute Gasteiger partial charge is 0.300 e. The molecule has 0 saturated carbocycles. The molecule has 27 heavy (non-hydrogen) atoms. The van der Waals surface area contributed by atoms with E-state index >= 15 is 0 Å². The molecule has 0 aliphatic carbocycles. The normalized spacial score (nSPS) is 10.4. The van der Waals surface area contributed by atoms with Gasteiger partial charge in [0, 0.05) is 12.2 Å². The van der Waals surface area contributed by atoms with Crippen LogP contribution in [0.2, 0.25) is 0 Å². The molecule has 8 heteroatoms. The van der Waals surface area contributed by atoms with Gasteiger partial charge in [-0.25, -0.2) is 4.39 Å². The Hall–Kier alpha value is -2.76. The number of thioether (sulfide) groups is 1. The maximum atomic E-state index is 13.6. The van der Waals surface area contributed by atoms with Gasteiger partial charge < -0.3 is 5.32 Å². The van der Waals surface area contributed by atoms with Crippen LogP contribution in [0.1, 0.15) is 23.1 Å². The van der Waals surface area contributed by atoms with E-state index < -0.39 is 0 Å². The molecule has 0 saturated heterocycles. The van der Waals surface area contributed by atoms with Crippen LogP contribution >= 0.6 is 23.1 Å². The minimum Gasteiger partial charge on any atom is -0.300 e. The first-order chi connectivity index (χ1) is 13.1. The molecule has 1 amide bonds. The Morgan fingerprint density at radius 1 is 1.19 bits per heavy atom. The number of nitrogens with one attached hydrogen (secondary N) is 1. The summed E-state index contributed by atoms with van der Waals surface area (Å²) in [6.07, 6.45) is 0.506. The molecule has 0 radical (unpaired) electrons. The van der Waals surface area contributed by atoms with Crippen LogP contribution in [0.25, 0.3) is 0 Å². The minimum absolute atomic E-state index is 0.175. The van der Waals surface area contributed by atoms with Gasteiger partial charge >= 0.3 is 0 Å². The maximum Gasteiger partial charge on any atom is 0.226 e. The van der Waals surface area contributed by atoms with Gasteiger partial charge in [0.2, 0.25) is 11.0 Å². The number of aryl methyl sites for hydroxylation is 1. The number of hydrogen-bond donors (Lipinski definition) is 1. The summed E-state index contributed by atoms with van der Waals surface area (Å²) in [5, 5.41) is 20.0. The molecule has 1 heterocycles. The molecule has 2 aromatic carbocycles. The lowest BCUT2D eigenvalue weighted by Gasteiger charge is -2.03. The summed E-state index contributed by atoms with van der Waals surface area (Å²) in [5.74, 6) is 0.169. The lowest BCUT2D eigenvalue weighted by Crippen LogP contribution is -2.12. The predicted molar refractivity (Wildman–Crippen MR) is 104 cm³/mol. The molecule has 0 aliphatic heterocycles. The van der Waals surface area contributed by atoms with Crippen molar-refractivity contribution in [2.24, 2.45) is 0 Å². The van der Waals surface area contributed by atoms with Gasteiger partial charge in [0.05, 0.1) is 11.6 Å². The van der Waals surface area contributed by atoms with Crippen LogP contribution < -0.4 is 5.32 Å². The average Bonchev–Trinajstić information content (AvgIpc) is 3.13. The fourth-order valence-electron chi connectivity index (χ4n) is 2.27. The molecule has 0 fully saturated rings. The minimum atomic E-state index is -0.303. The molecule has 0 aliphatic rings. The molecule has 3 rings (SSSR count). The molecular formula is C19H15FN4OS2. The van der Waals surface area contributed by atoms with Gasteiger partial charge in [-0.15, -0.1) is 10.2 Å². The van der Waals surface area contributed by atoms with E-state index in [1.807, 2.05) is 12.1 Å². The number of benzene rings is 2. The van der Waals surface area contributed by atoms with Gasteiger partial charge in [-0.1, -0.05) is 53.4 Å². The van der Waals surface area contributed by atoms with E-state index in [2.05, 4.69) is 21.6 Å². The second-order valence-electron chi connectivity index (χ2n) is 5.61. The first-order valence-corrected chi connectivity index (χ1v) is 9.93. The molecule has 5 nitrogen and oxygen atoms in total. The quantitative estimate of drug-likeness (QED) is 0.471. The molecule has 0 atom stereocenters. The Morgan fingerprint density at radius 3 is 2.70 bits per heavy atom. The monoisotopic (exact) mass is 398 g/mol. The Morgan fingerprint density at radius 2 is 1.96 bits per heavy atom. The van der Waals surface area contributed by atoms with E-state index in [0.717, 1.165) is 9.90 Å². The van der Waals surface area contributed by atoms with E-state index in [-0.39, 0.29) is 18.1 Å². The summed E-state index contributed by atoms with van der Waals surface area (Å²) in [6, 6.07) is 15.9. The number of nitrogens with zero attached hydrogens (tertiary/aromatic N) is 3. The van der Waals surface area contributed by atoms with Crippen LogP contribution in [0.4, 0.5) is 9.52 Å². The number of nitriles is 1. The first-order valence-electron chi connectivity index (χ1n) is 8.12. The van der Waals surface area contributed by atoms with Gasteiger partial charge in [-0.3, -0.25) is 4.79 Å². The van der Waals surface area contributed by atoms with Crippen LogP contribution in [0, 0.1) is 17.1 Å². The van der Waals surface area contributed by atoms with E-state index in [1.165, 1.54) is 29.2 Å². The standard InChI is InChI=1S/C19H15FN4OS2/c20-16-4-2-1-3-15(16)9-10-17(25)22-18-23-24-19(27-18)26-12-14-7-5-13(11-21)6-8-14/h1-8H,9-10,12H2,(H,22,23,25). The third-order valence-corrected chi connectivity index (χ3v) is 5.72. The lowest BCUT2D eigenvalue weighted by molar-refractivity contribution is -0.116. The smallest absolute Gasteiger partial charge is 0.226 e. The molecule has 0 spiro atoms. The number of amides is 1. The Bertz CT molecular complexity index is 966. The molecule has 0 bridgehead atoms. The van der Waals surface area contributed by atoms with E-state index in [0.29, 0.717) is 28.4 Å². The summed E-state index contributed by atoms with van der Waals surface area (Å²) < 4.78 is 14.3.